The molecule has 1 saturated carbocycles. The van der Waals surface area contributed by atoms with Gasteiger partial charge < -0.3 is 34.5 Å². The van der Waals surface area contributed by atoms with Crippen molar-refractivity contribution < 1.29 is 75.8 Å². The number of benzene rings is 1. The minimum absolute atomic E-state index is 0. The molecular weight excluding hydrogens is 684 g/mol. The van der Waals surface area contributed by atoms with Gasteiger partial charge in [0, 0.05) is 30.7 Å². The van der Waals surface area contributed by atoms with Crippen molar-refractivity contribution in [2.75, 3.05) is 12.8 Å². The molecule has 3 heterocycles. The summed E-state index contributed by atoms with van der Waals surface area (Å²) in [4.78, 5) is 70.0. The van der Waals surface area contributed by atoms with Gasteiger partial charge in [-0.1, -0.05) is 37.1 Å². The molecule has 1 saturated heterocycles. The Hall–Kier alpha value is -3.21. The van der Waals surface area contributed by atoms with Gasteiger partial charge in [0.1, 0.15) is 29.6 Å². The molecule has 2 fully saturated rings. The summed E-state index contributed by atoms with van der Waals surface area (Å²) in [5, 5.41) is 5.33. The number of alkyl carbamates (subject to hydrolysis) is 1. The van der Waals surface area contributed by atoms with E-state index in [1.54, 1.807) is 39.0 Å². The van der Waals surface area contributed by atoms with Gasteiger partial charge in [-0.25, -0.2) is 22.4 Å². The molecule has 5 rings (SSSR count). The zero-order valence-corrected chi connectivity index (χ0v) is 31.9. The number of halogens is 1. The molecule has 0 radical (unpaired) electrons. The number of hydrogen-bond acceptors (Lipinski definition) is 9. The summed E-state index contributed by atoms with van der Waals surface area (Å²) >= 11 is 0. The van der Waals surface area contributed by atoms with E-state index >= 15 is 0 Å². The molecule has 2 N–H and O–H groups in total. The number of carbonyl (C=O) groups excluding carboxylic acids is 5. The maximum absolute atomic E-state index is 14.4. The molecule has 0 unspecified atom stereocenters. The smallest absolute Gasteiger partial charge is 0.544 e. The van der Waals surface area contributed by atoms with Crippen molar-refractivity contribution in [2.45, 2.75) is 108 Å². The maximum atomic E-state index is 14.4. The van der Waals surface area contributed by atoms with Gasteiger partial charge in [-0.05, 0) is 58.1 Å². The van der Waals surface area contributed by atoms with E-state index in [0.717, 1.165) is 12.7 Å². The minimum Gasteiger partial charge on any atom is -0.544 e. The summed E-state index contributed by atoms with van der Waals surface area (Å²) in [5.41, 5.74) is -1.44. The Labute approximate surface area is 313 Å². The van der Waals surface area contributed by atoms with Crippen molar-refractivity contribution in [3.8, 4) is 0 Å². The fourth-order valence-electron chi connectivity index (χ4n) is 6.56. The monoisotopic (exact) mass is 727 g/mol. The van der Waals surface area contributed by atoms with E-state index in [1.807, 2.05) is 6.08 Å². The number of nitrogens with one attached hydrogen (secondary N) is 2. The molecule has 1 aromatic rings. The Bertz CT molecular complexity index is 1650. The van der Waals surface area contributed by atoms with Crippen LogP contribution in [0.3, 0.4) is 0 Å². The van der Waals surface area contributed by atoms with Crippen molar-refractivity contribution in [1.82, 2.24) is 20.4 Å². The van der Waals surface area contributed by atoms with Crippen LogP contribution in [-0.4, -0.2) is 90.3 Å². The first-order valence-electron chi connectivity index (χ1n) is 16.4. The van der Waals surface area contributed by atoms with Crippen molar-refractivity contribution in [3.05, 3.63) is 52.0 Å². The molecular formula is C33H43FN5NaO9S. The third kappa shape index (κ3) is 9.56. The molecule has 50 heavy (non-hydrogen) atoms. The number of sulfonamides is 1. The molecule has 3 aliphatic heterocycles. The van der Waals surface area contributed by atoms with Gasteiger partial charge in [0.15, 0.2) is 0 Å². The standard InChI is InChI=1S/C33H44FN5O9S.Na/c1-32(2,3)48-30(43)35-25-14-9-7-5-6-8-12-21-16-33(21,29(42)37-49(4,45)46)36-27(40)26-15-22(18-39(26)28(25)41)47-31(44)38-17-20-11-10-13-24(34)23(20)19-38;/h8,10-13,21-22,25-26H,5-7,9,14-19H2,1-4H3,(H3,35,36,37,40,42,43);/q;+1/p-1/b12-8-;/t21-,22-,25+,26+,33-;/m1./s1. The first-order chi connectivity index (χ1) is 23.0. The summed E-state index contributed by atoms with van der Waals surface area (Å²) in [6.07, 6.45) is 4.74. The third-order valence-electron chi connectivity index (χ3n) is 9.01. The quantitative estimate of drug-likeness (QED) is 0.328. The number of fused-ring (bicyclic) bond motifs is 3. The van der Waals surface area contributed by atoms with E-state index in [2.05, 4.69) is 15.4 Å². The van der Waals surface area contributed by atoms with Gasteiger partial charge in [0.05, 0.1) is 34.6 Å². The second-order valence-electron chi connectivity index (χ2n) is 14.1. The molecule has 0 bridgehead atoms. The van der Waals surface area contributed by atoms with E-state index in [1.165, 1.54) is 15.9 Å². The van der Waals surface area contributed by atoms with Crippen molar-refractivity contribution in [2.24, 2.45) is 5.92 Å². The van der Waals surface area contributed by atoms with Gasteiger partial charge in [0.25, 0.3) is 0 Å². The number of amides is 5. The number of allylic oxidation sites excluding steroid dienone is 1. The summed E-state index contributed by atoms with van der Waals surface area (Å²) < 4.78 is 52.7. The third-order valence-corrected chi connectivity index (χ3v) is 9.51. The van der Waals surface area contributed by atoms with Crippen molar-refractivity contribution in [1.29, 1.82) is 0 Å². The summed E-state index contributed by atoms with van der Waals surface area (Å²) in [6, 6.07) is 2.24. The van der Waals surface area contributed by atoms with Crippen molar-refractivity contribution >= 4 is 39.9 Å². The molecule has 0 spiro atoms. The fraction of sp³-hybridized carbons (Fsp3) is 0.606. The van der Waals surface area contributed by atoms with E-state index in [9.17, 15) is 36.8 Å². The fourth-order valence-corrected chi connectivity index (χ4v) is 7.02. The number of nitrogens with zero attached hydrogens (tertiary/aromatic N) is 3. The number of hydrogen-bond donors (Lipinski definition) is 2. The van der Waals surface area contributed by atoms with E-state index < -0.39 is 81.0 Å². The second kappa shape index (κ2) is 15.6. The Balaban J connectivity index is 0.00000562. The maximum Gasteiger partial charge on any atom is 1.00 e. The topological polar surface area (TPSA) is 183 Å². The van der Waals surface area contributed by atoms with Crippen LogP contribution in [0.2, 0.25) is 0 Å². The van der Waals surface area contributed by atoms with E-state index in [-0.39, 0.29) is 68.5 Å². The van der Waals surface area contributed by atoms with Gasteiger partial charge in [-0.3, -0.25) is 14.5 Å². The summed E-state index contributed by atoms with van der Waals surface area (Å²) in [6.45, 7) is 4.96. The zero-order chi connectivity index (χ0) is 35.7. The van der Waals surface area contributed by atoms with Gasteiger partial charge in [-0.15, -0.1) is 0 Å². The predicted molar refractivity (Wildman–Crippen MR) is 174 cm³/mol. The average Bonchev–Trinajstić information content (AvgIpc) is 3.30. The van der Waals surface area contributed by atoms with Crippen LogP contribution in [0.4, 0.5) is 14.0 Å². The SMILES string of the molecule is CC(C)(C)OC(=O)N[C@H]1CCCCC/C=C\[C@@H]2C[C@@]2(C(=O)[N-]S(C)(=O)=O)NC(=O)[C@@H]2C[C@@H](OC(=O)N3Cc4cccc(F)c4C3)CN2C1=O.[Na+]. The molecule has 14 nitrogen and oxygen atoms in total. The summed E-state index contributed by atoms with van der Waals surface area (Å²) in [7, 11) is -4.08. The number of carbonyl (C=O) groups is 5. The second-order valence-corrected chi connectivity index (χ2v) is 15.8. The number of rotatable bonds is 4. The Kier molecular flexibility index (Phi) is 12.3. The van der Waals surface area contributed by atoms with Crippen LogP contribution in [0.1, 0.15) is 76.8 Å². The van der Waals surface area contributed by atoms with E-state index in [4.69, 9.17) is 9.47 Å². The van der Waals surface area contributed by atoms with Crippen LogP contribution in [-0.2, 0) is 47.0 Å². The van der Waals surface area contributed by atoms with Crippen LogP contribution in [0.15, 0.2) is 30.4 Å². The molecule has 5 amide bonds. The Morgan fingerprint density at radius 2 is 1.86 bits per heavy atom. The minimum atomic E-state index is -4.08. The molecule has 5 atom stereocenters. The van der Waals surface area contributed by atoms with Crippen LogP contribution in [0, 0.1) is 11.7 Å². The first-order valence-corrected chi connectivity index (χ1v) is 18.3. The molecule has 1 aromatic carbocycles. The van der Waals surface area contributed by atoms with Gasteiger partial charge in [0.2, 0.25) is 11.8 Å². The molecule has 268 valence electrons. The van der Waals surface area contributed by atoms with E-state index in [0.29, 0.717) is 30.4 Å². The van der Waals surface area contributed by atoms with Crippen LogP contribution in [0.5, 0.6) is 0 Å². The first kappa shape index (κ1) is 39.6. The average molecular weight is 728 g/mol. The van der Waals surface area contributed by atoms with Gasteiger partial charge in [-0.2, -0.15) is 0 Å². The molecule has 0 aromatic heterocycles. The molecule has 4 aliphatic rings. The largest absolute Gasteiger partial charge is 1.00 e. The Morgan fingerprint density at radius 3 is 2.54 bits per heavy atom. The van der Waals surface area contributed by atoms with Crippen LogP contribution in [0.25, 0.3) is 4.72 Å². The zero-order valence-electron chi connectivity index (χ0n) is 29.1. The predicted octanol–water partition coefficient (Wildman–Crippen LogP) is 0.400. The van der Waals surface area contributed by atoms with Crippen LogP contribution < -0.4 is 40.2 Å². The van der Waals surface area contributed by atoms with Gasteiger partial charge >= 0.3 is 41.7 Å². The number of ether oxygens (including phenoxy) is 2. The normalized spacial score (nSPS) is 27.5. The molecule has 1 aliphatic carbocycles. The van der Waals surface area contributed by atoms with Crippen molar-refractivity contribution in [3.63, 3.8) is 0 Å². The Morgan fingerprint density at radius 1 is 1.12 bits per heavy atom. The molecule has 17 heteroatoms. The van der Waals surface area contributed by atoms with Crippen LogP contribution >= 0.6 is 0 Å². The summed E-state index contributed by atoms with van der Waals surface area (Å²) in [5.74, 6) is -3.35.